The number of aliphatic hydroxyl groups excluding tert-OH is 2. The van der Waals surface area contributed by atoms with Crippen LogP contribution in [0.25, 0.3) is 11.2 Å². The summed E-state index contributed by atoms with van der Waals surface area (Å²) in [5, 5.41) is 20.6. The van der Waals surface area contributed by atoms with Crippen LogP contribution >= 0.6 is 19.2 Å². The third-order valence-corrected chi connectivity index (χ3v) is 5.50. The number of hydrogen-bond donors (Lipinski definition) is 5. The minimum Gasteiger partial charge on any atom is -0.458 e. The van der Waals surface area contributed by atoms with Crippen LogP contribution < -0.4 is 5.73 Å². The molecule has 0 aromatic carbocycles. The second-order valence-corrected chi connectivity index (χ2v) is 10.0. The number of nitrogen functional groups attached to an aromatic ring is 1. The summed E-state index contributed by atoms with van der Waals surface area (Å²) in [5.74, 6) is -3.53. The molecule has 0 amide bonds. The SMILES string of the molecule is CC(C)(C)OC(=O)[C@@H](OC[C@H]1O[C@@H](n2cnc3c(N)nc(Cl)nc32)[C@H](O)[C@H]1O)P(=O)(O)O. The molecule has 0 spiro atoms. The number of ether oxygens (including phenoxy) is 3. The van der Waals surface area contributed by atoms with E-state index in [0.717, 1.165) is 0 Å². The van der Waals surface area contributed by atoms with E-state index in [0.29, 0.717) is 0 Å². The number of carbonyl (C=O) groups excluding carboxylic acids is 1. The zero-order valence-electron chi connectivity index (χ0n) is 17.2. The molecule has 1 aliphatic heterocycles. The van der Waals surface area contributed by atoms with Crippen LogP contribution in [0.15, 0.2) is 6.33 Å². The molecule has 0 bridgehead atoms. The highest BCUT2D eigenvalue weighted by atomic mass is 35.5. The van der Waals surface area contributed by atoms with Crippen molar-refractivity contribution in [3.63, 3.8) is 0 Å². The molecule has 6 N–H and O–H groups in total. The number of nitrogens with two attached hydrogens (primary N) is 1. The maximum absolute atomic E-state index is 12.2. The normalized spacial score (nSPS) is 25.2. The van der Waals surface area contributed by atoms with E-state index < -0.39 is 56.2 Å². The summed E-state index contributed by atoms with van der Waals surface area (Å²) in [7, 11) is -5.07. The van der Waals surface area contributed by atoms with E-state index in [9.17, 15) is 29.4 Å². The van der Waals surface area contributed by atoms with Gasteiger partial charge < -0.3 is 39.9 Å². The van der Waals surface area contributed by atoms with E-state index in [-0.39, 0.29) is 22.3 Å². The first-order valence-corrected chi connectivity index (χ1v) is 11.3. The number of anilines is 1. The Morgan fingerprint density at radius 2 is 2.00 bits per heavy atom. The first-order valence-electron chi connectivity index (χ1n) is 9.26. The van der Waals surface area contributed by atoms with Gasteiger partial charge in [-0.05, 0) is 32.4 Å². The number of halogens is 1. The minimum absolute atomic E-state index is 0.00600. The second kappa shape index (κ2) is 8.80. The molecule has 178 valence electrons. The first kappa shape index (κ1) is 24.7. The maximum atomic E-state index is 12.2. The average molecular weight is 496 g/mol. The zero-order chi connectivity index (χ0) is 24.0. The second-order valence-electron chi connectivity index (χ2n) is 8.06. The summed E-state index contributed by atoms with van der Waals surface area (Å²) in [6, 6.07) is 0. The number of imidazole rings is 1. The molecule has 16 heteroatoms. The number of rotatable bonds is 6. The molecular weight excluding hydrogens is 473 g/mol. The smallest absolute Gasteiger partial charge is 0.365 e. The quantitative estimate of drug-likeness (QED) is 0.195. The van der Waals surface area contributed by atoms with E-state index in [1.165, 1.54) is 31.7 Å². The summed E-state index contributed by atoms with van der Waals surface area (Å²) in [6.45, 7) is 3.91. The number of esters is 1. The van der Waals surface area contributed by atoms with Crippen LogP contribution in [-0.4, -0.2) is 81.9 Å². The van der Waals surface area contributed by atoms with Gasteiger partial charge in [0.15, 0.2) is 17.7 Å². The van der Waals surface area contributed by atoms with Gasteiger partial charge in [-0.2, -0.15) is 9.97 Å². The molecule has 2 aromatic rings. The predicted molar refractivity (Wildman–Crippen MR) is 108 cm³/mol. The highest BCUT2D eigenvalue weighted by Crippen LogP contribution is 2.43. The monoisotopic (exact) mass is 495 g/mol. The standard InChI is InChI=1S/C16H23ClN5O9P/c1-16(2,3)31-13(25)14(32(26,27)28)29-4-6-8(23)9(24)12(30-6)22-5-19-7-10(18)20-15(17)21-11(7)22/h5-6,8-9,12,14,23-24H,4H2,1-3H3,(H2,18,20,21)(H2,26,27,28)/t6-,8+,9-,12-,14+/m1/s1. The van der Waals surface area contributed by atoms with E-state index >= 15 is 0 Å². The number of nitrogens with zero attached hydrogens (tertiary/aromatic N) is 4. The molecule has 0 unspecified atom stereocenters. The van der Waals surface area contributed by atoms with Crippen molar-refractivity contribution in [3.8, 4) is 0 Å². The Labute approximate surface area is 186 Å². The van der Waals surface area contributed by atoms with Gasteiger partial charge in [-0.25, -0.2) is 9.78 Å². The Morgan fingerprint density at radius 1 is 1.34 bits per heavy atom. The summed E-state index contributed by atoms with van der Waals surface area (Å²) in [5.41, 5.74) is 5.04. The number of hydrogen-bond acceptors (Lipinski definition) is 11. The third-order valence-electron chi connectivity index (χ3n) is 4.36. The largest absolute Gasteiger partial charge is 0.458 e. The van der Waals surface area contributed by atoms with Crippen molar-refractivity contribution < 1.29 is 43.6 Å². The van der Waals surface area contributed by atoms with Crippen LogP contribution in [-0.2, 0) is 23.6 Å². The minimum atomic E-state index is -5.07. The molecule has 14 nitrogen and oxygen atoms in total. The summed E-state index contributed by atoms with van der Waals surface area (Å²) >= 11 is 5.82. The molecule has 1 fully saturated rings. The van der Waals surface area contributed by atoms with Gasteiger partial charge in [0, 0.05) is 0 Å². The van der Waals surface area contributed by atoms with E-state index in [4.69, 9.17) is 31.5 Å². The van der Waals surface area contributed by atoms with Gasteiger partial charge in [0.25, 0.3) is 5.85 Å². The average Bonchev–Trinajstić information content (AvgIpc) is 3.15. The van der Waals surface area contributed by atoms with E-state index in [1.807, 2.05) is 0 Å². The fourth-order valence-electron chi connectivity index (χ4n) is 3.03. The Kier molecular flexibility index (Phi) is 6.80. The maximum Gasteiger partial charge on any atom is 0.365 e. The van der Waals surface area contributed by atoms with Gasteiger partial charge >= 0.3 is 13.6 Å². The highest BCUT2D eigenvalue weighted by molar-refractivity contribution is 7.53. The van der Waals surface area contributed by atoms with Crippen molar-refractivity contribution in [1.29, 1.82) is 0 Å². The van der Waals surface area contributed by atoms with Crippen LogP contribution in [0.5, 0.6) is 0 Å². The molecule has 3 heterocycles. The number of fused-ring (bicyclic) bond motifs is 1. The molecular formula is C16H23ClN5O9P. The molecule has 5 atom stereocenters. The third kappa shape index (κ3) is 5.18. The van der Waals surface area contributed by atoms with E-state index in [2.05, 4.69) is 15.0 Å². The van der Waals surface area contributed by atoms with Crippen LogP contribution in [0.2, 0.25) is 5.28 Å². The zero-order valence-corrected chi connectivity index (χ0v) is 18.8. The van der Waals surface area contributed by atoms with Crippen molar-refractivity contribution in [2.45, 2.75) is 56.8 Å². The Bertz CT molecular complexity index is 1050. The first-order chi connectivity index (χ1) is 14.7. The molecule has 32 heavy (non-hydrogen) atoms. The van der Waals surface area contributed by atoms with Crippen molar-refractivity contribution in [2.24, 2.45) is 0 Å². The topological polar surface area (TPSA) is 212 Å². The fraction of sp³-hybridized carbons (Fsp3) is 0.625. The van der Waals surface area contributed by atoms with Crippen molar-refractivity contribution in [2.75, 3.05) is 12.3 Å². The molecule has 2 aromatic heterocycles. The number of carbonyl (C=O) groups is 1. The van der Waals surface area contributed by atoms with Crippen molar-refractivity contribution in [1.82, 2.24) is 19.5 Å². The Morgan fingerprint density at radius 3 is 2.59 bits per heavy atom. The molecule has 3 rings (SSSR count). The molecule has 0 aliphatic carbocycles. The summed E-state index contributed by atoms with van der Waals surface area (Å²) in [6.07, 6.45) is -4.29. The number of aromatic nitrogens is 4. The van der Waals surface area contributed by atoms with Crippen molar-refractivity contribution >= 4 is 42.1 Å². The summed E-state index contributed by atoms with van der Waals surface area (Å²) in [4.78, 5) is 43.0. The van der Waals surface area contributed by atoms with Crippen LogP contribution in [0.4, 0.5) is 5.82 Å². The van der Waals surface area contributed by atoms with Gasteiger partial charge in [0.05, 0.1) is 12.9 Å². The number of aliphatic hydroxyl groups is 2. The van der Waals surface area contributed by atoms with Gasteiger partial charge in [0.2, 0.25) is 5.28 Å². The molecule has 1 saturated heterocycles. The van der Waals surface area contributed by atoms with Gasteiger partial charge in [-0.1, -0.05) is 0 Å². The molecule has 0 saturated carbocycles. The van der Waals surface area contributed by atoms with Crippen LogP contribution in [0, 0.1) is 0 Å². The van der Waals surface area contributed by atoms with Crippen molar-refractivity contribution in [3.05, 3.63) is 11.6 Å². The lowest BCUT2D eigenvalue weighted by Crippen LogP contribution is -2.38. The van der Waals surface area contributed by atoms with Crippen LogP contribution in [0.3, 0.4) is 0 Å². The Hall–Kier alpha value is -1.90. The highest BCUT2D eigenvalue weighted by Gasteiger charge is 2.47. The van der Waals surface area contributed by atoms with E-state index in [1.54, 1.807) is 0 Å². The predicted octanol–water partition coefficient (Wildman–Crippen LogP) is -0.457. The van der Waals surface area contributed by atoms with Gasteiger partial charge in [-0.15, -0.1) is 0 Å². The molecule has 1 aliphatic rings. The lowest BCUT2D eigenvalue weighted by Gasteiger charge is -2.25. The summed E-state index contributed by atoms with van der Waals surface area (Å²) < 4.78 is 28.7. The Balaban J connectivity index is 1.78. The van der Waals surface area contributed by atoms with Crippen LogP contribution in [0.1, 0.15) is 27.0 Å². The fourth-order valence-corrected chi connectivity index (χ4v) is 3.81. The van der Waals surface area contributed by atoms with Gasteiger partial charge in [-0.3, -0.25) is 9.13 Å². The molecule has 0 radical (unpaired) electrons. The lowest BCUT2D eigenvalue weighted by molar-refractivity contribution is -0.166. The van der Waals surface area contributed by atoms with Gasteiger partial charge in [0.1, 0.15) is 29.4 Å². The lowest BCUT2D eigenvalue weighted by atomic mass is 10.1.